The lowest BCUT2D eigenvalue weighted by molar-refractivity contribution is 0.244. The van der Waals surface area contributed by atoms with Crippen LogP contribution in [-0.4, -0.2) is 26.4 Å². The topological polar surface area (TPSA) is 87.9 Å². The molecule has 6 nitrogen and oxygen atoms in total. The van der Waals surface area contributed by atoms with Gasteiger partial charge in [0.2, 0.25) is 0 Å². The number of aryl methyl sites for hydroxylation is 1. The molecule has 0 amide bonds. The van der Waals surface area contributed by atoms with Gasteiger partial charge in [0.05, 0.1) is 22.0 Å². The summed E-state index contributed by atoms with van der Waals surface area (Å²) in [6, 6.07) is 17.7. The summed E-state index contributed by atoms with van der Waals surface area (Å²) in [5.74, 6) is 0.599. The van der Waals surface area contributed by atoms with Crippen molar-refractivity contribution in [1.29, 1.82) is 0 Å². The van der Waals surface area contributed by atoms with E-state index in [1.807, 2.05) is 49.4 Å². The molecule has 1 aliphatic heterocycles. The van der Waals surface area contributed by atoms with E-state index < -0.39 is 0 Å². The SMILES string of the molecule is Cc1nc(-c2ccccc2)c(CN2CCc3nc(-c4ccc(N)cc4)[nH]c(=O)c3C2)s1. The van der Waals surface area contributed by atoms with Crippen LogP contribution in [0, 0.1) is 6.92 Å². The Labute approximate surface area is 184 Å². The largest absolute Gasteiger partial charge is 0.399 e. The third-order valence-electron chi connectivity index (χ3n) is 5.55. The van der Waals surface area contributed by atoms with E-state index in [0.29, 0.717) is 18.1 Å². The number of thiazole rings is 1. The summed E-state index contributed by atoms with van der Waals surface area (Å²) < 4.78 is 0. The quantitative estimate of drug-likeness (QED) is 0.479. The van der Waals surface area contributed by atoms with E-state index >= 15 is 0 Å². The molecular formula is C24H23N5OS. The summed E-state index contributed by atoms with van der Waals surface area (Å²) in [5.41, 5.74) is 11.1. The Hall–Kier alpha value is -3.29. The molecule has 5 rings (SSSR count). The maximum Gasteiger partial charge on any atom is 0.255 e. The third-order valence-corrected chi connectivity index (χ3v) is 6.51. The highest BCUT2D eigenvalue weighted by atomic mass is 32.1. The molecule has 4 aromatic rings. The number of nitrogens with zero attached hydrogens (tertiary/aromatic N) is 3. The molecule has 0 spiro atoms. The van der Waals surface area contributed by atoms with Crippen molar-refractivity contribution in [2.75, 3.05) is 12.3 Å². The average molecular weight is 430 g/mol. The third kappa shape index (κ3) is 4.02. The predicted octanol–water partition coefficient (Wildman–Crippen LogP) is 4.01. The maximum absolute atomic E-state index is 12.9. The maximum atomic E-state index is 12.9. The number of aromatic nitrogens is 3. The molecular weight excluding hydrogens is 406 g/mol. The summed E-state index contributed by atoms with van der Waals surface area (Å²) in [6.45, 7) is 4.26. The van der Waals surface area contributed by atoms with Crippen molar-refractivity contribution in [3.63, 3.8) is 0 Å². The van der Waals surface area contributed by atoms with E-state index in [1.165, 1.54) is 4.88 Å². The second-order valence-electron chi connectivity index (χ2n) is 7.79. The smallest absolute Gasteiger partial charge is 0.255 e. The zero-order valence-corrected chi connectivity index (χ0v) is 18.1. The molecule has 31 heavy (non-hydrogen) atoms. The highest BCUT2D eigenvalue weighted by molar-refractivity contribution is 7.12. The molecule has 0 fully saturated rings. The molecule has 0 saturated carbocycles. The van der Waals surface area contributed by atoms with E-state index in [4.69, 9.17) is 15.7 Å². The second-order valence-corrected chi connectivity index (χ2v) is 9.08. The Bertz CT molecular complexity index is 1280. The zero-order chi connectivity index (χ0) is 21.4. The molecule has 0 atom stereocenters. The first kappa shape index (κ1) is 19.7. The number of nitrogen functional groups attached to an aromatic ring is 1. The van der Waals surface area contributed by atoms with Crippen LogP contribution in [0.25, 0.3) is 22.6 Å². The Kier molecular flexibility index (Phi) is 5.13. The fraction of sp³-hybridized carbons (Fsp3) is 0.208. The minimum Gasteiger partial charge on any atom is -0.399 e. The van der Waals surface area contributed by atoms with E-state index in [-0.39, 0.29) is 5.56 Å². The Morgan fingerprint density at radius 3 is 2.61 bits per heavy atom. The van der Waals surface area contributed by atoms with Gasteiger partial charge >= 0.3 is 0 Å². The van der Waals surface area contributed by atoms with Crippen LogP contribution < -0.4 is 11.3 Å². The van der Waals surface area contributed by atoms with Crippen LogP contribution in [0.4, 0.5) is 5.69 Å². The van der Waals surface area contributed by atoms with Crippen molar-refractivity contribution in [1.82, 2.24) is 19.9 Å². The monoisotopic (exact) mass is 429 g/mol. The van der Waals surface area contributed by atoms with Crippen LogP contribution in [0.1, 0.15) is 21.1 Å². The standard InChI is InChI=1S/C24H23N5OS/c1-15-26-22(16-5-3-2-4-6-16)21(31-15)14-29-12-11-20-19(13-29)24(30)28-23(27-20)17-7-9-18(25)10-8-17/h2-10H,11-14,25H2,1H3,(H,27,28,30). The number of nitrogens with two attached hydrogens (primary N) is 1. The minimum absolute atomic E-state index is 0.0645. The molecule has 2 aromatic carbocycles. The van der Waals surface area contributed by atoms with E-state index in [2.05, 4.69) is 22.0 Å². The van der Waals surface area contributed by atoms with E-state index in [1.54, 1.807) is 11.3 Å². The number of benzene rings is 2. The molecule has 7 heteroatoms. The highest BCUT2D eigenvalue weighted by Gasteiger charge is 2.23. The van der Waals surface area contributed by atoms with Crippen LogP contribution in [0.2, 0.25) is 0 Å². The molecule has 1 aliphatic rings. The fourth-order valence-electron chi connectivity index (χ4n) is 3.99. The number of aromatic amines is 1. The molecule has 0 bridgehead atoms. The van der Waals surface area contributed by atoms with Gasteiger partial charge < -0.3 is 10.7 Å². The molecule has 2 aromatic heterocycles. The van der Waals surface area contributed by atoms with Gasteiger partial charge in [-0.15, -0.1) is 11.3 Å². The fourth-order valence-corrected chi connectivity index (χ4v) is 5.00. The Morgan fingerprint density at radius 2 is 1.84 bits per heavy atom. The number of hydrogen-bond acceptors (Lipinski definition) is 6. The number of nitrogens with one attached hydrogen (secondary N) is 1. The normalized spacial score (nSPS) is 13.8. The molecule has 3 N–H and O–H groups in total. The second kappa shape index (κ2) is 8.09. The highest BCUT2D eigenvalue weighted by Crippen LogP contribution is 2.30. The van der Waals surface area contributed by atoms with Crippen LogP contribution in [-0.2, 0) is 19.5 Å². The van der Waals surface area contributed by atoms with Gasteiger partial charge in [-0.05, 0) is 31.2 Å². The van der Waals surface area contributed by atoms with E-state index in [9.17, 15) is 4.79 Å². The summed E-state index contributed by atoms with van der Waals surface area (Å²) in [7, 11) is 0. The summed E-state index contributed by atoms with van der Waals surface area (Å²) >= 11 is 1.72. The van der Waals surface area contributed by atoms with Crippen molar-refractivity contribution < 1.29 is 0 Å². The number of hydrogen-bond donors (Lipinski definition) is 2. The lowest BCUT2D eigenvalue weighted by atomic mass is 10.1. The summed E-state index contributed by atoms with van der Waals surface area (Å²) in [5, 5.41) is 1.05. The van der Waals surface area contributed by atoms with Crippen LogP contribution >= 0.6 is 11.3 Å². The summed E-state index contributed by atoms with van der Waals surface area (Å²) in [4.78, 5) is 28.9. The van der Waals surface area contributed by atoms with Crippen molar-refractivity contribution in [2.24, 2.45) is 0 Å². The Balaban J connectivity index is 1.40. The van der Waals surface area contributed by atoms with Gasteiger partial charge in [0.25, 0.3) is 5.56 Å². The number of fused-ring (bicyclic) bond motifs is 1. The zero-order valence-electron chi connectivity index (χ0n) is 17.3. The minimum atomic E-state index is -0.0645. The van der Waals surface area contributed by atoms with Gasteiger partial charge in [-0.3, -0.25) is 9.69 Å². The number of anilines is 1. The lowest BCUT2D eigenvalue weighted by Crippen LogP contribution is -2.35. The summed E-state index contributed by atoms with van der Waals surface area (Å²) in [6.07, 6.45) is 0.750. The van der Waals surface area contributed by atoms with Crippen molar-refractivity contribution in [3.8, 4) is 22.6 Å². The van der Waals surface area contributed by atoms with Crippen molar-refractivity contribution >= 4 is 17.0 Å². The molecule has 0 radical (unpaired) electrons. The number of rotatable bonds is 4. The molecule has 156 valence electrons. The van der Waals surface area contributed by atoms with Gasteiger partial charge in [-0.1, -0.05) is 30.3 Å². The van der Waals surface area contributed by atoms with Crippen molar-refractivity contribution in [2.45, 2.75) is 26.4 Å². The van der Waals surface area contributed by atoms with Crippen molar-refractivity contribution in [3.05, 3.63) is 86.1 Å². The van der Waals surface area contributed by atoms with Crippen LogP contribution in [0.3, 0.4) is 0 Å². The van der Waals surface area contributed by atoms with Gasteiger partial charge in [-0.25, -0.2) is 9.97 Å². The average Bonchev–Trinajstić information content (AvgIpc) is 3.15. The molecule has 3 heterocycles. The molecule has 0 aliphatic carbocycles. The predicted molar refractivity (Wildman–Crippen MR) is 125 cm³/mol. The van der Waals surface area contributed by atoms with Crippen LogP contribution in [0.5, 0.6) is 0 Å². The van der Waals surface area contributed by atoms with Gasteiger partial charge in [-0.2, -0.15) is 0 Å². The van der Waals surface area contributed by atoms with E-state index in [0.717, 1.165) is 52.6 Å². The first-order chi connectivity index (χ1) is 15.1. The number of H-pyrrole nitrogens is 1. The van der Waals surface area contributed by atoms with Crippen LogP contribution in [0.15, 0.2) is 59.4 Å². The molecule has 0 saturated heterocycles. The molecule has 0 unspecified atom stereocenters. The van der Waals surface area contributed by atoms with Gasteiger partial charge in [0, 0.05) is 47.7 Å². The van der Waals surface area contributed by atoms with Gasteiger partial charge in [0.15, 0.2) is 0 Å². The Morgan fingerprint density at radius 1 is 1.06 bits per heavy atom. The first-order valence-electron chi connectivity index (χ1n) is 10.3. The lowest BCUT2D eigenvalue weighted by Gasteiger charge is -2.27. The first-order valence-corrected chi connectivity index (χ1v) is 11.1. The van der Waals surface area contributed by atoms with Gasteiger partial charge in [0.1, 0.15) is 5.82 Å².